The van der Waals surface area contributed by atoms with E-state index in [0.717, 1.165) is 0 Å². The van der Waals surface area contributed by atoms with E-state index in [-0.39, 0.29) is 10.3 Å². The van der Waals surface area contributed by atoms with Crippen LogP contribution < -0.4 is 10.0 Å². The molecule has 1 rings (SSSR count). The number of nitrogens with zero attached hydrogens (tertiary/aromatic N) is 2. The summed E-state index contributed by atoms with van der Waals surface area (Å²) in [7, 11) is -1.94. The van der Waals surface area contributed by atoms with E-state index in [2.05, 4.69) is 40.8 Å². The molecule has 0 atom stereocenters. The van der Waals surface area contributed by atoms with Crippen LogP contribution in [0.25, 0.3) is 0 Å². The predicted octanol–water partition coefficient (Wildman–Crippen LogP) is 2.01. The van der Waals surface area contributed by atoms with Gasteiger partial charge in [-0.15, -0.1) is 0 Å². The highest BCUT2D eigenvalue weighted by Crippen LogP contribution is 2.28. The average Bonchev–Trinajstić information content (AvgIpc) is 2.24. The molecular weight excluding hydrogens is 276 g/mol. The number of hydrogen-bond donors (Lipinski definition) is 2. The van der Waals surface area contributed by atoms with Gasteiger partial charge < -0.3 is 5.32 Å². The second kappa shape index (κ2) is 5.65. The summed E-state index contributed by atoms with van der Waals surface area (Å²) in [5, 5.41) is 2.75. The van der Waals surface area contributed by atoms with Gasteiger partial charge in [-0.05, 0) is 25.7 Å². The normalized spacial score (nSPS) is 13.3. The Morgan fingerprint density at radius 3 is 2.00 bits per heavy atom. The van der Waals surface area contributed by atoms with Gasteiger partial charge in [0, 0.05) is 12.6 Å². The first-order chi connectivity index (χ1) is 8.95. The SMILES string of the molecule is CNc1ncc(S(=O)(=O)NC(C)(C)CC(C)(C)C)cn1. The summed E-state index contributed by atoms with van der Waals surface area (Å²) in [4.78, 5) is 7.92. The van der Waals surface area contributed by atoms with Crippen molar-refractivity contribution in [3.05, 3.63) is 12.4 Å². The van der Waals surface area contributed by atoms with Gasteiger partial charge in [-0.3, -0.25) is 0 Å². The quantitative estimate of drug-likeness (QED) is 0.869. The summed E-state index contributed by atoms with van der Waals surface area (Å²) in [6.07, 6.45) is 3.32. The largest absolute Gasteiger partial charge is 0.357 e. The number of nitrogens with one attached hydrogen (secondary N) is 2. The molecule has 7 heteroatoms. The third-order valence-electron chi connectivity index (χ3n) is 2.54. The van der Waals surface area contributed by atoms with Gasteiger partial charge in [0.1, 0.15) is 4.90 Å². The van der Waals surface area contributed by atoms with Crippen LogP contribution in [0.5, 0.6) is 0 Å². The molecule has 20 heavy (non-hydrogen) atoms. The lowest BCUT2D eigenvalue weighted by Crippen LogP contribution is -2.45. The van der Waals surface area contributed by atoms with Crippen molar-refractivity contribution >= 4 is 16.0 Å². The molecule has 1 aromatic rings. The molecule has 0 radical (unpaired) electrons. The van der Waals surface area contributed by atoms with Crippen molar-refractivity contribution in [3.8, 4) is 0 Å². The van der Waals surface area contributed by atoms with E-state index in [9.17, 15) is 8.42 Å². The lowest BCUT2D eigenvalue weighted by molar-refractivity contribution is 0.269. The number of aromatic nitrogens is 2. The summed E-state index contributed by atoms with van der Waals surface area (Å²) in [5.74, 6) is 0.387. The van der Waals surface area contributed by atoms with Crippen LogP contribution in [0.4, 0.5) is 5.95 Å². The summed E-state index contributed by atoms with van der Waals surface area (Å²) < 4.78 is 27.4. The highest BCUT2D eigenvalue weighted by Gasteiger charge is 2.30. The van der Waals surface area contributed by atoms with Crippen LogP contribution in [0.2, 0.25) is 0 Å². The Hall–Kier alpha value is -1.21. The van der Waals surface area contributed by atoms with Crippen molar-refractivity contribution in [1.29, 1.82) is 0 Å². The Morgan fingerprint density at radius 2 is 1.60 bits per heavy atom. The highest BCUT2D eigenvalue weighted by molar-refractivity contribution is 7.89. The molecule has 6 nitrogen and oxygen atoms in total. The van der Waals surface area contributed by atoms with Gasteiger partial charge in [-0.1, -0.05) is 20.8 Å². The molecule has 2 N–H and O–H groups in total. The Bertz CT molecular complexity index is 545. The fraction of sp³-hybridized carbons (Fsp3) is 0.692. The Balaban J connectivity index is 2.93. The first-order valence-electron chi connectivity index (χ1n) is 6.49. The molecule has 1 heterocycles. The van der Waals surface area contributed by atoms with Crippen molar-refractivity contribution in [2.45, 2.75) is 51.5 Å². The van der Waals surface area contributed by atoms with Crippen LogP contribution in [0.1, 0.15) is 41.0 Å². The van der Waals surface area contributed by atoms with Crippen LogP contribution in [0.3, 0.4) is 0 Å². The van der Waals surface area contributed by atoms with Gasteiger partial charge >= 0.3 is 0 Å². The third kappa shape index (κ3) is 5.05. The molecule has 0 bridgehead atoms. The molecule has 0 spiro atoms. The molecule has 0 aromatic carbocycles. The maximum Gasteiger partial charge on any atom is 0.244 e. The molecule has 114 valence electrons. The second-order valence-corrected chi connectivity index (χ2v) is 8.40. The van der Waals surface area contributed by atoms with E-state index < -0.39 is 15.6 Å². The van der Waals surface area contributed by atoms with Gasteiger partial charge in [0.25, 0.3) is 0 Å². The lowest BCUT2D eigenvalue weighted by Gasteiger charge is -2.32. The number of sulfonamides is 1. The molecule has 0 amide bonds. The standard InChI is InChI=1S/C13H24N4O2S/c1-12(2,3)9-13(4,5)17-20(18,19)10-7-15-11(14-6)16-8-10/h7-8,17H,9H2,1-6H3,(H,14,15,16). The fourth-order valence-corrected chi connectivity index (χ4v) is 3.67. The highest BCUT2D eigenvalue weighted by atomic mass is 32.2. The van der Waals surface area contributed by atoms with E-state index >= 15 is 0 Å². The van der Waals surface area contributed by atoms with E-state index in [1.165, 1.54) is 12.4 Å². The van der Waals surface area contributed by atoms with Gasteiger partial charge in [0.05, 0.1) is 12.4 Å². The zero-order valence-electron chi connectivity index (χ0n) is 13.0. The second-order valence-electron chi connectivity index (χ2n) is 6.72. The molecule has 1 aromatic heterocycles. The zero-order chi connectivity index (χ0) is 15.6. The van der Waals surface area contributed by atoms with Crippen molar-refractivity contribution in [3.63, 3.8) is 0 Å². The monoisotopic (exact) mass is 300 g/mol. The molecule has 0 aliphatic carbocycles. The van der Waals surface area contributed by atoms with Crippen molar-refractivity contribution in [2.75, 3.05) is 12.4 Å². The summed E-state index contributed by atoms with van der Waals surface area (Å²) in [6, 6.07) is 0. The van der Waals surface area contributed by atoms with Gasteiger partial charge in [0.15, 0.2) is 0 Å². The first kappa shape index (κ1) is 16.8. The smallest absolute Gasteiger partial charge is 0.244 e. The molecule has 0 unspecified atom stereocenters. The predicted molar refractivity (Wildman–Crippen MR) is 80.1 cm³/mol. The maximum atomic E-state index is 12.3. The molecule has 0 saturated heterocycles. The van der Waals surface area contributed by atoms with Gasteiger partial charge in [-0.2, -0.15) is 0 Å². The van der Waals surface area contributed by atoms with Crippen LogP contribution >= 0.6 is 0 Å². The number of anilines is 1. The van der Waals surface area contributed by atoms with Crippen molar-refractivity contribution < 1.29 is 8.42 Å². The molecule has 0 fully saturated rings. The molecule has 0 aliphatic heterocycles. The lowest BCUT2D eigenvalue weighted by atomic mass is 9.82. The fourth-order valence-electron chi connectivity index (χ4n) is 2.37. The summed E-state index contributed by atoms with van der Waals surface area (Å²) in [5.41, 5.74) is -0.517. The van der Waals surface area contributed by atoms with E-state index in [4.69, 9.17) is 0 Å². The number of rotatable bonds is 5. The Morgan fingerprint density at radius 1 is 1.10 bits per heavy atom. The van der Waals surface area contributed by atoms with Crippen molar-refractivity contribution in [1.82, 2.24) is 14.7 Å². The van der Waals surface area contributed by atoms with Crippen LogP contribution in [-0.4, -0.2) is 31.0 Å². The average molecular weight is 300 g/mol. The minimum absolute atomic E-state index is 0.0263. The Labute approximate surface area is 121 Å². The minimum atomic E-state index is -3.62. The summed E-state index contributed by atoms with van der Waals surface area (Å²) >= 11 is 0. The molecule has 0 aliphatic rings. The van der Waals surface area contributed by atoms with Crippen LogP contribution in [0.15, 0.2) is 17.3 Å². The van der Waals surface area contributed by atoms with Crippen LogP contribution in [0, 0.1) is 5.41 Å². The minimum Gasteiger partial charge on any atom is -0.357 e. The third-order valence-corrected chi connectivity index (χ3v) is 4.20. The van der Waals surface area contributed by atoms with Gasteiger partial charge in [-0.25, -0.2) is 23.1 Å². The molecule has 0 saturated carbocycles. The van der Waals surface area contributed by atoms with Crippen molar-refractivity contribution in [2.24, 2.45) is 5.41 Å². The van der Waals surface area contributed by atoms with Crippen LogP contribution in [-0.2, 0) is 10.0 Å². The zero-order valence-corrected chi connectivity index (χ0v) is 13.8. The Kier molecular flexibility index (Phi) is 4.76. The number of hydrogen-bond acceptors (Lipinski definition) is 5. The summed E-state index contributed by atoms with van der Waals surface area (Å²) in [6.45, 7) is 9.98. The van der Waals surface area contributed by atoms with Gasteiger partial charge in [0.2, 0.25) is 16.0 Å². The topological polar surface area (TPSA) is 84.0 Å². The van der Waals surface area contributed by atoms with E-state index in [1.807, 2.05) is 13.8 Å². The maximum absolute atomic E-state index is 12.3. The first-order valence-corrected chi connectivity index (χ1v) is 7.97. The van der Waals surface area contributed by atoms with E-state index in [1.54, 1.807) is 7.05 Å². The molecular formula is C13H24N4O2S. The van der Waals surface area contributed by atoms with E-state index in [0.29, 0.717) is 12.4 Å².